The second-order valence-corrected chi connectivity index (χ2v) is 5.44. The van der Waals surface area contributed by atoms with Crippen LogP contribution in [0.2, 0.25) is 0 Å². The summed E-state index contributed by atoms with van der Waals surface area (Å²) in [7, 11) is 0. The Bertz CT molecular complexity index is 685. The highest BCUT2D eigenvalue weighted by atomic mass is 79.9. The topological polar surface area (TPSA) is 47.6 Å². The molecule has 0 aliphatic carbocycles. The molecular weight excluding hydrogens is 341 g/mol. The van der Waals surface area contributed by atoms with Crippen LogP contribution < -0.4 is 14.8 Å². The number of hydrogen-bond acceptors (Lipinski definition) is 3. The number of fused-ring (bicyclic) bond motifs is 1. The number of nitrogens with one attached hydrogen (secondary N) is 1. The average molecular weight is 352 g/mol. The monoisotopic (exact) mass is 351 g/mol. The van der Waals surface area contributed by atoms with Gasteiger partial charge in [0.05, 0.1) is 0 Å². The van der Waals surface area contributed by atoms with E-state index < -0.39 is 5.82 Å². The Labute approximate surface area is 129 Å². The first-order chi connectivity index (χ1) is 10.1. The van der Waals surface area contributed by atoms with Gasteiger partial charge in [-0.1, -0.05) is 22.0 Å². The first kappa shape index (κ1) is 13.9. The van der Waals surface area contributed by atoms with Crippen molar-refractivity contribution < 1.29 is 18.7 Å². The van der Waals surface area contributed by atoms with Crippen molar-refractivity contribution in [2.24, 2.45) is 0 Å². The SMILES string of the molecule is O=C(NCc1ccc2c(c1)OCO2)c1cc(F)cc(Br)c1. The van der Waals surface area contributed by atoms with E-state index in [4.69, 9.17) is 9.47 Å². The van der Waals surface area contributed by atoms with E-state index in [1.807, 2.05) is 12.1 Å². The molecular formula is C15H11BrFNO3. The molecule has 0 spiro atoms. The third-order valence-corrected chi connectivity index (χ3v) is 3.47. The predicted octanol–water partition coefficient (Wildman–Crippen LogP) is 3.25. The Kier molecular flexibility index (Phi) is 3.79. The lowest BCUT2D eigenvalue weighted by atomic mass is 10.1. The lowest BCUT2D eigenvalue weighted by Crippen LogP contribution is -2.22. The number of rotatable bonds is 3. The van der Waals surface area contributed by atoms with Gasteiger partial charge in [-0.15, -0.1) is 0 Å². The summed E-state index contributed by atoms with van der Waals surface area (Å²) in [6, 6.07) is 9.51. The number of hydrogen-bond donors (Lipinski definition) is 1. The van der Waals surface area contributed by atoms with Crippen molar-refractivity contribution in [3.8, 4) is 11.5 Å². The number of carbonyl (C=O) groups is 1. The van der Waals surface area contributed by atoms with Gasteiger partial charge in [-0.05, 0) is 35.9 Å². The van der Waals surface area contributed by atoms with Crippen LogP contribution in [-0.2, 0) is 6.54 Å². The first-order valence-electron chi connectivity index (χ1n) is 6.24. The third kappa shape index (κ3) is 3.16. The molecule has 1 aliphatic heterocycles. The van der Waals surface area contributed by atoms with Crippen molar-refractivity contribution in [3.63, 3.8) is 0 Å². The molecule has 2 aromatic rings. The van der Waals surface area contributed by atoms with Crippen LogP contribution >= 0.6 is 15.9 Å². The van der Waals surface area contributed by atoms with E-state index in [9.17, 15) is 9.18 Å². The molecule has 0 saturated carbocycles. The van der Waals surface area contributed by atoms with Crippen molar-refractivity contribution in [2.45, 2.75) is 6.54 Å². The molecule has 0 fully saturated rings. The minimum absolute atomic E-state index is 0.211. The molecule has 0 atom stereocenters. The zero-order valence-corrected chi connectivity index (χ0v) is 12.4. The van der Waals surface area contributed by atoms with Crippen LogP contribution in [0.4, 0.5) is 4.39 Å². The van der Waals surface area contributed by atoms with Gasteiger partial charge in [-0.2, -0.15) is 0 Å². The molecule has 0 bridgehead atoms. The van der Waals surface area contributed by atoms with Crippen LogP contribution in [0.15, 0.2) is 40.9 Å². The number of amides is 1. The zero-order chi connectivity index (χ0) is 14.8. The van der Waals surface area contributed by atoms with E-state index in [2.05, 4.69) is 21.2 Å². The maximum absolute atomic E-state index is 13.3. The summed E-state index contributed by atoms with van der Waals surface area (Å²) in [5.41, 5.74) is 1.14. The summed E-state index contributed by atoms with van der Waals surface area (Å²) in [6.07, 6.45) is 0. The molecule has 0 aromatic heterocycles. The molecule has 108 valence electrons. The van der Waals surface area contributed by atoms with Gasteiger partial charge in [0.2, 0.25) is 6.79 Å². The second-order valence-electron chi connectivity index (χ2n) is 4.53. The standard InChI is InChI=1S/C15H11BrFNO3/c16-11-4-10(5-12(17)6-11)15(19)18-7-9-1-2-13-14(3-9)21-8-20-13/h1-6H,7-8H2,(H,18,19). The smallest absolute Gasteiger partial charge is 0.251 e. The molecule has 2 aromatic carbocycles. The fourth-order valence-corrected chi connectivity index (χ4v) is 2.49. The van der Waals surface area contributed by atoms with E-state index in [0.717, 1.165) is 5.56 Å². The van der Waals surface area contributed by atoms with E-state index in [1.54, 1.807) is 12.1 Å². The highest BCUT2D eigenvalue weighted by Gasteiger charge is 2.14. The van der Waals surface area contributed by atoms with Crippen LogP contribution in [0.5, 0.6) is 11.5 Å². The number of benzene rings is 2. The Morgan fingerprint density at radius 1 is 1.19 bits per heavy atom. The van der Waals surface area contributed by atoms with Crippen molar-refractivity contribution in [2.75, 3.05) is 6.79 Å². The minimum Gasteiger partial charge on any atom is -0.454 e. The van der Waals surface area contributed by atoms with Gasteiger partial charge in [0.1, 0.15) is 5.82 Å². The lowest BCUT2D eigenvalue weighted by Gasteiger charge is -2.07. The summed E-state index contributed by atoms with van der Waals surface area (Å²) in [6.45, 7) is 0.534. The van der Waals surface area contributed by atoms with Crippen molar-refractivity contribution >= 4 is 21.8 Å². The molecule has 0 saturated heterocycles. The number of ether oxygens (including phenoxy) is 2. The molecule has 3 rings (SSSR count). The summed E-state index contributed by atoms with van der Waals surface area (Å²) >= 11 is 3.16. The van der Waals surface area contributed by atoms with Gasteiger partial charge in [-0.3, -0.25) is 4.79 Å². The molecule has 6 heteroatoms. The Balaban J connectivity index is 1.68. The predicted molar refractivity (Wildman–Crippen MR) is 77.8 cm³/mol. The van der Waals surface area contributed by atoms with Gasteiger partial charge < -0.3 is 14.8 Å². The first-order valence-corrected chi connectivity index (χ1v) is 7.04. The van der Waals surface area contributed by atoms with Gasteiger partial charge in [0, 0.05) is 16.6 Å². The summed E-state index contributed by atoms with van der Waals surface area (Å²) in [4.78, 5) is 12.0. The molecule has 1 amide bonds. The molecule has 0 unspecified atom stereocenters. The van der Waals surface area contributed by atoms with E-state index >= 15 is 0 Å². The largest absolute Gasteiger partial charge is 0.454 e. The quantitative estimate of drug-likeness (QED) is 0.923. The number of halogens is 2. The highest BCUT2D eigenvalue weighted by Crippen LogP contribution is 2.32. The van der Waals surface area contributed by atoms with Gasteiger partial charge in [0.15, 0.2) is 11.5 Å². The molecule has 21 heavy (non-hydrogen) atoms. The molecule has 1 N–H and O–H groups in total. The average Bonchev–Trinajstić information content (AvgIpc) is 2.91. The second kappa shape index (κ2) is 5.73. The summed E-state index contributed by atoms with van der Waals surface area (Å²) < 4.78 is 24.3. The van der Waals surface area contributed by atoms with Crippen LogP contribution in [-0.4, -0.2) is 12.7 Å². The Morgan fingerprint density at radius 2 is 2.00 bits per heavy atom. The van der Waals surface area contributed by atoms with Crippen LogP contribution in [0.1, 0.15) is 15.9 Å². The van der Waals surface area contributed by atoms with Crippen LogP contribution in [0.3, 0.4) is 0 Å². The maximum atomic E-state index is 13.3. The third-order valence-electron chi connectivity index (χ3n) is 3.01. The molecule has 4 nitrogen and oxygen atoms in total. The van der Waals surface area contributed by atoms with E-state index in [-0.39, 0.29) is 18.3 Å². The molecule has 1 aliphatic rings. The fourth-order valence-electron chi connectivity index (χ4n) is 2.02. The molecule has 0 radical (unpaired) electrons. The Hall–Kier alpha value is -2.08. The van der Waals surface area contributed by atoms with Gasteiger partial charge >= 0.3 is 0 Å². The van der Waals surface area contributed by atoms with E-state index in [1.165, 1.54) is 12.1 Å². The molecule has 1 heterocycles. The van der Waals surface area contributed by atoms with Gasteiger partial charge in [-0.25, -0.2) is 4.39 Å². The van der Waals surface area contributed by atoms with Gasteiger partial charge in [0.25, 0.3) is 5.91 Å². The maximum Gasteiger partial charge on any atom is 0.251 e. The Morgan fingerprint density at radius 3 is 2.81 bits per heavy atom. The summed E-state index contributed by atoms with van der Waals surface area (Å²) in [5.74, 6) is 0.555. The minimum atomic E-state index is -0.461. The van der Waals surface area contributed by atoms with Crippen LogP contribution in [0, 0.1) is 5.82 Å². The highest BCUT2D eigenvalue weighted by molar-refractivity contribution is 9.10. The fraction of sp³-hybridized carbons (Fsp3) is 0.133. The lowest BCUT2D eigenvalue weighted by molar-refractivity contribution is 0.0950. The van der Waals surface area contributed by atoms with Crippen LogP contribution in [0.25, 0.3) is 0 Å². The van der Waals surface area contributed by atoms with E-state index in [0.29, 0.717) is 22.5 Å². The zero-order valence-electron chi connectivity index (χ0n) is 10.9. The number of carbonyl (C=O) groups excluding carboxylic acids is 1. The van der Waals surface area contributed by atoms with Crippen molar-refractivity contribution in [1.29, 1.82) is 0 Å². The van der Waals surface area contributed by atoms with Crippen molar-refractivity contribution in [1.82, 2.24) is 5.32 Å². The summed E-state index contributed by atoms with van der Waals surface area (Å²) in [5, 5.41) is 2.74. The van der Waals surface area contributed by atoms with Crippen molar-refractivity contribution in [3.05, 3.63) is 57.8 Å². The normalized spacial score (nSPS) is 12.3.